The summed E-state index contributed by atoms with van der Waals surface area (Å²) >= 11 is 0.931. The molecule has 0 radical (unpaired) electrons. The minimum absolute atomic E-state index is 0.273. The van der Waals surface area contributed by atoms with Crippen molar-refractivity contribution in [2.45, 2.75) is 42.2 Å². The molecule has 5 atom stereocenters. The monoisotopic (exact) mass is 454 g/mol. The van der Waals surface area contributed by atoms with Crippen LogP contribution in [0, 0.1) is 11.6 Å². The first-order chi connectivity index (χ1) is 14.7. The molecule has 9 heteroatoms. The SMILES string of the molecule is CCS[C@@H]1O[C@H](CO)[C@](O)(Cc2ccccc2)[C@H](O)[C@@]1(O)C(=O)c1cc(F)ccc1F. The standard InChI is InChI=1S/C22H24F2O6S/c1-2-31-20-22(29,18(26)15-10-14(23)8-9-16(15)24)19(27)21(28,17(12-25)30-20)11-13-6-4-3-5-7-13/h3-10,17,19-20,25,27-29H,2,11-12H2,1H3/t17-,19+,20+,21-,22+/m1/s1. The molecule has 1 aliphatic heterocycles. The van der Waals surface area contributed by atoms with Gasteiger partial charge in [0.05, 0.1) is 12.2 Å². The Labute approximate surface area is 182 Å². The Balaban J connectivity index is 2.10. The van der Waals surface area contributed by atoms with E-state index in [-0.39, 0.29) is 6.42 Å². The summed E-state index contributed by atoms with van der Waals surface area (Å²) in [6.45, 7) is 0.993. The molecule has 6 nitrogen and oxygen atoms in total. The van der Waals surface area contributed by atoms with E-state index in [1.54, 1.807) is 37.3 Å². The second-order valence-corrected chi connectivity index (χ2v) is 8.77. The number of benzene rings is 2. The van der Waals surface area contributed by atoms with Crippen LogP contribution in [0.5, 0.6) is 0 Å². The molecule has 2 aromatic carbocycles. The summed E-state index contributed by atoms with van der Waals surface area (Å²) in [6, 6.07) is 10.6. The lowest BCUT2D eigenvalue weighted by atomic mass is 9.71. The lowest BCUT2D eigenvalue weighted by Crippen LogP contribution is -2.75. The molecule has 0 bridgehead atoms. The quantitative estimate of drug-likeness (QED) is 0.472. The molecular formula is C22H24F2O6S. The zero-order valence-electron chi connectivity index (χ0n) is 16.7. The van der Waals surface area contributed by atoms with Gasteiger partial charge in [-0.05, 0) is 29.5 Å². The number of aliphatic hydroxyl groups excluding tert-OH is 2. The Morgan fingerprint density at radius 2 is 1.84 bits per heavy atom. The predicted molar refractivity (Wildman–Crippen MR) is 111 cm³/mol. The summed E-state index contributed by atoms with van der Waals surface area (Å²) in [4.78, 5) is 13.2. The molecule has 0 unspecified atom stereocenters. The lowest BCUT2D eigenvalue weighted by molar-refractivity contribution is -0.278. The van der Waals surface area contributed by atoms with Gasteiger partial charge in [0, 0.05) is 6.42 Å². The van der Waals surface area contributed by atoms with Crippen LogP contribution in [0.3, 0.4) is 0 Å². The Kier molecular flexibility index (Phi) is 7.14. The highest BCUT2D eigenvalue weighted by molar-refractivity contribution is 7.99. The number of hydrogen-bond donors (Lipinski definition) is 4. The number of halogens is 2. The molecule has 0 aliphatic carbocycles. The maximum Gasteiger partial charge on any atom is 0.203 e. The molecule has 1 aliphatic rings. The number of carbonyl (C=O) groups is 1. The molecule has 1 heterocycles. The number of thioether (sulfide) groups is 1. The largest absolute Gasteiger partial charge is 0.394 e. The fourth-order valence-electron chi connectivity index (χ4n) is 3.83. The summed E-state index contributed by atoms with van der Waals surface area (Å²) in [5.74, 6) is -3.01. The Hall–Kier alpha value is -1.88. The fourth-order valence-corrected chi connectivity index (χ4v) is 4.83. The molecule has 3 rings (SSSR count). The lowest BCUT2D eigenvalue weighted by Gasteiger charge is -2.53. The summed E-state index contributed by atoms with van der Waals surface area (Å²) in [5.41, 5.74) is -6.80. The minimum atomic E-state index is -2.81. The third-order valence-electron chi connectivity index (χ3n) is 5.45. The maximum absolute atomic E-state index is 14.3. The second kappa shape index (κ2) is 9.32. The van der Waals surface area contributed by atoms with Gasteiger partial charge in [0.2, 0.25) is 5.78 Å². The average Bonchev–Trinajstić information content (AvgIpc) is 2.76. The van der Waals surface area contributed by atoms with Crippen molar-refractivity contribution >= 4 is 17.5 Å². The van der Waals surface area contributed by atoms with Gasteiger partial charge < -0.3 is 25.2 Å². The molecule has 0 amide bonds. The number of rotatable bonds is 7. The van der Waals surface area contributed by atoms with Crippen molar-refractivity contribution in [3.63, 3.8) is 0 Å². The number of carbonyl (C=O) groups excluding carboxylic acids is 1. The molecule has 1 fully saturated rings. The van der Waals surface area contributed by atoms with Gasteiger partial charge in [0.15, 0.2) is 5.60 Å². The summed E-state index contributed by atoms with van der Waals surface area (Å²) < 4.78 is 33.7. The van der Waals surface area contributed by atoms with Gasteiger partial charge >= 0.3 is 0 Å². The topological polar surface area (TPSA) is 107 Å². The van der Waals surface area contributed by atoms with Crippen LogP contribution in [0.15, 0.2) is 48.5 Å². The van der Waals surface area contributed by atoms with E-state index in [9.17, 15) is 34.0 Å². The Morgan fingerprint density at radius 1 is 1.16 bits per heavy atom. The highest BCUT2D eigenvalue weighted by Crippen LogP contribution is 2.44. The van der Waals surface area contributed by atoms with Crippen molar-refractivity contribution in [1.29, 1.82) is 0 Å². The maximum atomic E-state index is 14.3. The third-order valence-corrected chi connectivity index (χ3v) is 6.55. The van der Waals surface area contributed by atoms with Crippen LogP contribution in [-0.4, -0.2) is 67.4 Å². The summed E-state index contributed by atoms with van der Waals surface area (Å²) in [6.07, 6.45) is -3.80. The number of aliphatic hydroxyl groups is 4. The van der Waals surface area contributed by atoms with Gasteiger partial charge in [-0.15, -0.1) is 11.8 Å². The second-order valence-electron chi connectivity index (χ2n) is 7.43. The van der Waals surface area contributed by atoms with Crippen molar-refractivity contribution in [3.05, 3.63) is 71.3 Å². The Bertz CT molecular complexity index is 929. The number of Topliss-reactive ketones (excluding diaryl/α,β-unsaturated/α-hetero) is 1. The molecule has 0 saturated carbocycles. The molecular weight excluding hydrogens is 430 g/mol. The van der Waals surface area contributed by atoms with Crippen molar-refractivity contribution in [1.82, 2.24) is 0 Å². The van der Waals surface area contributed by atoms with Crippen molar-refractivity contribution < 1.29 is 38.7 Å². The minimum Gasteiger partial charge on any atom is -0.394 e. The first-order valence-corrected chi connectivity index (χ1v) is 10.8. The zero-order chi connectivity index (χ0) is 22.8. The van der Waals surface area contributed by atoms with E-state index in [2.05, 4.69) is 0 Å². The van der Waals surface area contributed by atoms with E-state index in [0.29, 0.717) is 17.4 Å². The summed E-state index contributed by atoms with van der Waals surface area (Å²) in [7, 11) is 0. The fraction of sp³-hybridized carbons (Fsp3) is 0.409. The van der Waals surface area contributed by atoms with E-state index < -0.39 is 58.4 Å². The molecule has 0 aromatic heterocycles. The molecule has 1 saturated heterocycles. The molecule has 2 aromatic rings. The van der Waals surface area contributed by atoms with Crippen LogP contribution in [0.4, 0.5) is 8.78 Å². The van der Waals surface area contributed by atoms with Crippen LogP contribution >= 0.6 is 11.8 Å². The molecule has 0 spiro atoms. The smallest absolute Gasteiger partial charge is 0.203 e. The van der Waals surface area contributed by atoms with Crippen molar-refractivity contribution in [2.75, 3.05) is 12.4 Å². The van der Waals surface area contributed by atoms with Crippen LogP contribution in [0.25, 0.3) is 0 Å². The zero-order valence-corrected chi connectivity index (χ0v) is 17.6. The number of ether oxygens (including phenoxy) is 1. The van der Waals surface area contributed by atoms with Gasteiger partial charge in [0.25, 0.3) is 0 Å². The molecule has 168 valence electrons. The Morgan fingerprint density at radius 3 is 2.45 bits per heavy atom. The van der Waals surface area contributed by atoms with Crippen molar-refractivity contribution in [2.24, 2.45) is 0 Å². The van der Waals surface area contributed by atoms with Crippen molar-refractivity contribution in [3.8, 4) is 0 Å². The van der Waals surface area contributed by atoms with Gasteiger partial charge in [-0.3, -0.25) is 4.79 Å². The normalized spacial score (nSPS) is 30.9. The van der Waals surface area contributed by atoms with E-state index in [1.165, 1.54) is 0 Å². The molecule has 31 heavy (non-hydrogen) atoms. The molecule has 4 N–H and O–H groups in total. The van der Waals surface area contributed by atoms with Crippen LogP contribution < -0.4 is 0 Å². The average molecular weight is 454 g/mol. The third kappa shape index (κ3) is 4.26. The van der Waals surface area contributed by atoms with Crippen LogP contribution in [-0.2, 0) is 11.2 Å². The number of hydrogen-bond acceptors (Lipinski definition) is 7. The highest BCUT2D eigenvalue weighted by atomic mass is 32.2. The van der Waals surface area contributed by atoms with Crippen LogP contribution in [0.1, 0.15) is 22.8 Å². The van der Waals surface area contributed by atoms with Gasteiger partial charge in [-0.1, -0.05) is 37.3 Å². The van der Waals surface area contributed by atoms with E-state index in [4.69, 9.17) is 4.74 Å². The van der Waals surface area contributed by atoms with Gasteiger partial charge in [-0.2, -0.15) is 0 Å². The first-order valence-electron chi connectivity index (χ1n) is 9.73. The first kappa shape index (κ1) is 23.8. The number of ketones is 1. The summed E-state index contributed by atoms with van der Waals surface area (Å²) in [5, 5.41) is 43.8. The van der Waals surface area contributed by atoms with E-state index in [1.807, 2.05) is 0 Å². The van der Waals surface area contributed by atoms with E-state index >= 15 is 0 Å². The van der Waals surface area contributed by atoms with Gasteiger partial charge in [0.1, 0.15) is 34.9 Å². The highest BCUT2D eigenvalue weighted by Gasteiger charge is 2.65. The van der Waals surface area contributed by atoms with Crippen LogP contribution in [0.2, 0.25) is 0 Å². The van der Waals surface area contributed by atoms with Gasteiger partial charge in [-0.25, -0.2) is 8.78 Å². The predicted octanol–water partition coefficient (Wildman–Crippen LogP) is 1.68. The van der Waals surface area contributed by atoms with E-state index in [0.717, 1.165) is 23.9 Å².